The minimum Gasteiger partial charge on any atom is -0.497 e. The first-order chi connectivity index (χ1) is 21.3. The van der Waals surface area contributed by atoms with Crippen molar-refractivity contribution in [3.8, 4) is 5.75 Å². The highest BCUT2D eigenvalue weighted by Gasteiger charge is 2.55. The molecule has 9 nitrogen and oxygen atoms in total. The van der Waals surface area contributed by atoms with Crippen molar-refractivity contribution < 1.29 is 24.2 Å². The van der Waals surface area contributed by atoms with Crippen LogP contribution in [0.4, 0.5) is 0 Å². The van der Waals surface area contributed by atoms with Crippen molar-refractivity contribution in [2.24, 2.45) is 5.92 Å². The van der Waals surface area contributed by atoms with Crippen molar-refractivity contribution in [1.82, 2.24) is 20.4 Å². The standard InChI is InChI=1S/C35H48N4O5/c1-3-4-20-39-33(42)30(31(40)27-8-6-5-7-9-27)37-34(43)35(39)18-21-38(22-19-35)24-26-10-14-28(15-11-26)32(41)36-23-25-12-16-29(44-2)17-13-25/h10-17,27,30-31,40H,3-9,18-24H2,1-2H3,(H,36,41)(H,37,43). The third-order valence-electron chi connectivity index (χ3n) is 9.89. The van der Waals surface area contributed by atoms with Gasteiger partial charge in [-0.3, -0.25) is 19.3 Å². The number of carbonyl (C=O) groups is 3. The van der Waals surface area contributed by atoms with E-state index in [0.717, 1.165) is 55.4 Å². The van der Waals surface area contributed by atoms with Crippen LogP contribution in [0.15, 0.2) is 48.5 Å². The van der Waals surface area contributed by atoms with Gasteiger partial charge in [-0.2, -0.15) is 0 Å². The number of hydrogen-bond acceptors (Lipinski definition) is 6. The van der Waals surface area contributed by atoms with Crippen molar-refractivity contribution >= 4 is 17.7 Å². The largest absolute Gasteiger partial charge is 0.497 e. The van der Waals surface area contributed by atoms with Crippen LogP contribution < -0.4 is 15.4 Å². The predicted octanol–water partition coefficient (Wildman–Crippen LogP) is 4.03. The predicted molar refractivity (Wildman–Crippen MR) is 169 cm³/mol. The molecule has 3 N–H and O–H groups in total. The molecule has 2 saturated heterocycles. The average Bonchev–Trinajstić information content (AvgIpc) is 3.07. The topological polar surface area (TPSA) is 111 Å². The minimum absolute atomic E-state index is 0.0628. The van der Waals surface area contributed by atoms with Gasteiger partial charge >= 0.3 is 0 Å². The van der Waals surface area contributed by atoms with E-state index in [9.17, 15) is 19.5 Å². The Hall–Kier alpha value is -3.43. The van der Waals surface area contributed by atoms with Gasteiger partial charge in [-0.1, -0.05) is 56.9 Å². The molecule has 0 aromatic heterocycles. The number of amides is 3. The second kappa shape index (κ2) is 14.6. The molecule has 2 aromatic rings. The van der Waals surface area contributed by atoms with Gasteiger partial charge in [0.2, 0.25) is 11.8 Å². The number of unbranched alkanes of at least 4 members (excludes halogenated alkanes) is 1. The lowest BCUT2D eigenvalue weighted by molar-refractivity contribution is -0.166. The van der Waals surface area contributed by atoms with Crippen LogP contribution in [0.5, 0.6) is 5.75 Å². The second-order valence-electron chi connectivity index (χ2n) is 12.7. The van der Waals surface area contributed by atoms with E-state index in [4.69, 9.17) is 4.74 Å². The molecule has 1 saturated carbocycles. The van der Waals surface area contributed by atoms with E-state index in [1.165, 1.54) is 6.42 Å². The minimum atomic E-state index is -0.864. The molecule has 3 aliphatic rings. The van der Waals surface area contributed by atoms with Crippen molar-refractivity contribution in [1.29, 1.82) is 0 Å². The van der Waals surface area contributed by atoms with Gasteiger partial charge in [-0.15, -0.1) is 0 Å². The Balaban J connectivity index is 1.17. The van der Waals surface area contributed by atoms with Gasteiger partial charge in [0.1, 0.15) is 17.3 Å². The number of ether oxygens (including phenoxy) is 1. The SMILES string of the molecule is CCCCN1C(=O)C(C(O)C2CCCCC2)NC(=O)C12CCN(Cc1ccc(C(=O)NCc3ccc(OC)cc3)cc1)CC2. The van der Waals surface area contributed by atoms with Crippen LogP contribution in [0.3, 0.4) is 0 Å². The van der Waals surface area contributed by atoms with Crippen molar-refractivity contribution in [2.75, 3.05) is 26.7 Å². The average molecular weight is 605 g/mol. The number of nitrogens with zero attached hydrogens (tertiary/aromatic N) is 2. The second-order valence-corrected chi connectivity index (χ2v) is 12.7. The number of rotatable bonds is 11. The third-order valence-corrected chi connectivity index (χ3v) is 9.89. The van der Waals surface area contributed by atoms with Crippen LogP contribution in [-0.4, -0.2) is 77.1 Å². The summed E-state index contributed by atoms with van der Waals surface area (Å²) in [4.78, 5) is 44.4. The summed E-state index contributed by atoms with van der Waals surface area (Å²) in [5, 5.41) is 17.1. The van der Waals surface area contributed by atoms with Crippen LogP contribution in [0.25, 0.3) is 0 Å². The van der Waals surface area contributed by atoms with Crippen LogP contribution in [0, 0.1) is 5.92 Å². The van der Waals surface area contributed by atoms with E-state index in [2.05, 4.69) is 22.5 Å². The molecular formula is C35H48N4O5. The lowest BCUT2D eigenvalue weighted by Crippen LogP contribution is -2.75. The van der Waals surface area contributed by atoms with E-state index in [-0.39, 0.29) is 23.6 Å². The van der Waals surface area contributed by atoms with E-state index in [1.54, 1.807) is 7.11 Å². The first kappa shape index (κ1) is 32.0. The Kier molecular flexibility index (Phi) is 10.6. The Labute approximate surface area is 261 Å². The van der Waals surface area contributed by atoms with Gasteiger partial charge in [0, 0.05) is 38.3 Å². The first-order valence-corrected chi connectivity index (χ1v) is 16.4. The van der Waals surface area contributed by atoms with Crippen molar-refractivity contribution in [3.63, 3.8) is 0 Å². The molecule has 0 bridgehead atoms. The molecule has 9 heteroatoms. The molecule has 2 heterocycles. The number of hydrogen-bond donors (Lipinski definition) is 3. The highest BCUT2D eigenvalue weighted by Crippen LogP contribution is 2.36. The van der Waals surface area contributed by atoms with Crippen molar-refractivity contribution in [2.45, 2.75) is 95.5 Å². The van der Waals surface area contributed by atoms with E-state index in [1.807, 2.05) is 53.4 Å². The summed E-state index contributed by atoms with van der Waals surface area (Å²) < 4.78 is 5.18. The molecule has 1 aliphatic carbocycles. The molecule has 3 amide bonds. The van der Waals surface area contributed by atoms with Gasteiger partial charge in [0.25, 0.3) is 5.91 Å². The van der Waals surface area contributed by atoms with Gasteiger partial charge in [-0.25, -0.2) is 0 Å². The number of aliphatic hydroxyl groups excluding tert-OH is 1. The summed E-state index contributed by atoms with van der Waals surface area (Å²) in [5.41, 5.74) is 1.83. The maximum atomic E-state index is 13.8. The van der Waals surface area contributed by atoms with Gasteiger partial charge in [-0.05, 0) is 73.4 Å². The molecule has 2 unspecified atom stereocenters. The zero-order chi connectivity index (χ0) is 31.1. The zero-order valence-electron chi connectivity index (χ0n) is 26.2. The fourth-order valence-corrected chi connectivity index (χ4v) is 7.08. The molecule has 238 valence electrons. The summed E-state index contributed by atoms with van der Waals surface area (Å²) in [5.74, 6) is 0.484. The summed E-state index contributed by atoms with van der Waals surface area (Å²) in [6, 6.07) is 14.4. The Morgan fingerprint density at radius 2 is 1.68 bits per heavy atom. The highest BCUT2D eigenvalue weighted by molar-refractivity contribution is 6.00. The number of carbonyl (C=O) groups excluding carboxylic acids is 3. The summed E-state index contributed by atoms with van der Waals surface area (Å²) >= 11 is 0. The highest BCUT2D eigenvalue weighted by atomic mass is 16.5. The lowest BCUT2D eigenvalue weighted by Gasteiger charge is -2.52. The molecule has 1 spiro atoms. The zero-order valence-corrected chi connectivity index (χ0v) is 26.2. The smallest absolute Gasteiger partial charge is 0.251 e. The lowest BCUT2D eigenvalue weighted by atomic mass is 9.78. The quantitative estimate of drug-likeness (QED) is 0.357. The van der Waals surface area contributed by atoms with Gasteiger partial charge in [0.05, 0.1) is 13.2 Å². The molecule has 5 rings (SSSR count). The number of nitrogens with one attached hydrogen (secondary N) is 2. The summed E-state index contributed by atoms with van der Waals surface area (Å²) in [6.45, 7) is 5.14. The van der Waals surface area contributed by atoms with Crippen molar-refractivity contribution in [3.05, 3.63) is 65.2 Å². The van der Waals surface area contributed by atoms with Crippen LogP contribution in [-0.2, 0) is 22.7 Å². The normalized spacial score (nSPS) is 21.6. The van der Waals surface area contributed by atoms with E-state index in [0.29, 0.717) is 51.1 Å². The summed E-state index contributed by atoms with van der Waals surface area (Å²) in [6.07, 6.45) is 7.17. The number of aliphatic hydroxyl groups is 1. The molecule has 44 heavy (non-hydrogen) atoms. The number of piperazine rings is 1. The first-order valence-electron chi connectivity index (χ1n) is 16.4. The van der Waals surface area contributed by atoms with Gasteiger partial charge < -0.3 is 25.4 Å². The van der Waals surface area contributed by atoms with Crippen LogP contribution >= 0.6 is 0 Å². The Bertz CT molecular complexity index is 1270. The maximum Gasteiger partial charge on any atom is 0.251 e. The fraction of sp³-hybridized carbons (Fsp3) is 0.571. The third kappa shape index (κ3) is 7.10. The van der Waals surface area contributed by atoms with Crippen LogP contribution in [0.1, 0.15) is 86.2 Å². The number of likely N-dealkylation sites (tertiary alicyclic amines) is 1. The van der Waals surface area contributed by atoms with Gasteiger partial charge in [0.15, 0.2) is 0 Å². The Morgan fingerprint density at radius 1 is 1.02 bits per heavy atom. The number of piperidine rings is 1. The molecule has 2 atom stereocenters. The Morgan fingerprint density at radius 3 is 2.32 bits per heavy atom. The van der Waals surface area contributed by atoms with E-state index >= 15 is 0 Å². The maximum absolute atomic E-state index is 13.8. The molecule has 2 aromatic carbocycles. The van der Waals surface area contributed by atoms with E-state index < -0.39 is 17.7 Å². The van der Waals surface area contributed by atoms with Crippen LogP contribution in [0.2, 0.25) is 0 Å². The number of methoxy groups -OCH3 is 1. The summed E-state index contributed by atoms with van der Waals surface area (Å²) in [7, 11) is 1.63. The fourth-order valence-electron chi connectivity index (χ4n) is 7.08. The monoisotopic (exact) mass is 604 g/mol. The molecule has 3 fully saturated rings. The molecular weight excluding hydrogens is 556 g/mol. The molecule has 2 aliphatic heterocycles. The molecule has 0 radical (unpaired) electrons. The number of benzene rings is 2.